The van der Waals surface area contributed by atoms with Gasteiger partial charge in [-0.05, 0) is 24.3 Å². The second-order valence-electron chi connectivity index (χ2n) is 5.62. The second-order valence-corrected chi connectivity index (χ2v) is 6.03. The third-order valence-corrected chi connectivity index (χ3v) is 4.02. The smallest absolute Gasteiger partial charge is 0.345 e. The van der Waals surface area contributed by atoms with Crippen molar-refractivity contribution >= 4 is 23.3 Å². The van der Waals surface area contributed by atoms with Crippen LogP contribution < -0.4 is 18.9 Å². The minimum Gasteiger partial charge on any atom is -0.481 e. The van der Waals surface area contributed by atoms with E-state index in [-0.39, 0.29) is 45.5 Å². The summed E-state index contributed by atoms with van der Waals surface area (Å²) in [5, 5.41) is 10.7. The molecule has 0 N–H and O–H groups in total. The zero-order valence-corrected chi connectivity index (χ0v) is 16.5. The Kier molecular flexibility index (Phi) is 6.28. The first-order valence-electron chi connectivity index (χ1n) is 8.30. The number of methoxy groups -OCH3 is 2. The van der Waals surface area contributed by atoms with Gasteiger partial charge in [-0.15, -0.1) is 0 Å². The second kappa shape index (κ2) is 9.05. The molecular weight excluding hydrogens is 418 g/mol. The van der Waals surface area contributed by atoms with Crippen molar-refractivity contribution in [2.45, 2.75) is 0 Å². The molecule has 2 aromatic carbocycles. The van der Waals surface area contributed by atoms with Gasteiger partial charge in [0.2, 0.25) is 11.8 Å². The average molecular weight is 432 g/mol. The van der Waals surface area contributed by atoms with Gasteiger partial charge in [-0.3, -0.25) is 10.1 Å². The summed E-state index contributed by atoms with van der Waals surface area (Å²) in [4.78, 5) is 30.6. The molecule has 0 aliphatic rings. The first-order chi connectivity index (χ1) is 14.4. The van der Waals surface area contributed by atoms with E-state index >= 15 is 0 Å². The van der Waals surface area contributed by atoms with Crippen molar-refractivity contribution in [2.75, 3.05) is 14.2 Å². The molecule has 0 atom stereocenters. The lowest BCUT2D eigenvalue weighted by atomic mass is 10.2. The van der Waals surface area contributed by atoms with Gasteiger partial charge in [0.15, 0.2) is 0 Å². The third kappa shape index (κ3) is 4.92. The number of ether oxygens (including phenoxy) is 4. The maximum Gasteiger partial charge on any atom is 0.345 e. The Labute approximate surface area is 175 Å². The van der Waals surface area contributed by atoms with Crippen LogP contribution in [0.25, 0.3) is 0 Å². The number of halogens is 1. The number of nitro benzene ring substituents is 1. The zero-order chi connectivity index (χ0) is 21.7. The molecule has 0 radical (unpaired) electrons. The van der Waals surface area contributed by atoms with Gasteiger partial charge >= 0.3 is 12.0 Å². The molecule has 0 fully saturated rings. The number of carbonyl (C=O) groups is 1. The van der Waals surface area contributed by atoms with E-state index in [1.54, 1.807) is 0 Å². The topological polar surface area (TPSA) is 123 Å². The molecule has 11 heteroatoms. The number of hydrogen-bond acceptors (Lipinski definition) is 9. The van der Waals surface area contributed by atoms with Gasteiger partial charge in [0.05, 0.1) is 35.8 Å². The fraction of sp³-hybridized carbons (Fsp3) is 0.105. The average Bonchev–Trinajstić information content (AvgIpc) is 2.73. The van der Waals surface area contributed by atoms with E-state index < -0.39 is 10.9 Å². The summed E-state index contributed by atoms with van der Waals surface area (Å²) in [7, 11) is 2.88. The van der Waals surface area contributed by atoms with Crippen LogP contribution in [0.4, 0.5) is 5.69 Å². The van der Waals surface area contributed by atoms with Crippen molar-refractivity contribution < 1.29 is 28.7 Å². The molecule has 0 saturated carbocycles. The van der Waals surface area contributed by atoms with E-state index in [1.165, 1.54) is 62.8 Å². The molecule has 0 aliphatic carbocycles. The number of hydrogen-bond donors (Lipinski definition) is 0. The first-order valence-corrected chi connectivity index (χ1v) is 8.68. The van der Waals surface area contributed by atoms with Gasteiger partial charge in [0.1, 0.15) is 11.5 Å². The van der Waals surface area contributed by atoms with E-state index in [2.05, 4.69) is 9.97 Å². The highest BCUT2D eigenvalue weighted by molar-refractivity contribution is 6.33. The van der Waals surface area contributed by atoms with E-state index in [0.29, 0.717) is 0 Å². The summed E-state index contributed by atoms with van der Waals surface area (Å²) in [6.45, 7) is 0. The summed E-state index contributed by atoms with van der Waals surface area (Å²) in [6.07, 6.45) is 0. The van der Waals surface area contributed by atoms with Crippen molar-refractivity contribution in [1.82, 2.24) is 9.97 Å². The molecule has 1 heterocycles. The molecule has 0 spiro atoms. The quantitative estimate of drug-likeness (QED) is 0.235. The fourth-order valence-corrected chi connectivity index (χ4v) is 2.51. The van der Waals surface area contributed by atoms with Crippen LogP contribution in [0.15, 0.2) is 48.5 Å². The van der Waals surface area contributed by atoms with Gasteiger partial charge < -0.3 is 18.9 Å². The molecule has 1 aromatic heterocycles. The Hall–Kier alpha value is -3.92. The SMILES string of the molecule is COc1cc(OC)nc(Oc2ccc(C(=O)Oc3ccc([N+](=O)[O-])cc3)c(Cl)c2)n1. The maximum atomic E-state index is 12.4. The molecule has 3 rings (SSSR count). The number of nitro groups is 1. The monoisotopic (exact) mass is 431 g/mol. The lowest BCUT2D eigenvalue weighted by Crippen LogP contribution is -2.09. The zero-order valence-electron chi connectivity index (χ0n) is 15.7. The largest absolute Gasteiger partial charge is 0.481 e. The Balaban J connectivity index is 1.74. The molecule has 0 saturated heterocycles. The molecule has 154 valence electrons. The highest BCUT2D eigenvalue weighted by Gasteiger charge is 2.16. The van der Waals surface area contributed by atoms with Gasteiger partial charge in [-0.1, -0.05) is 11.6 Å². The van der Waals surface area contributed by atoms with Crippen LogP contribution in [-0.4, -0.2) is 35.1 Å². The predicted octanol–water partition coefficient (Wildman–Crippen LogP) is 4.07. The van der Waals surface area contributed by atoms with Crippen LogP contribution in [0, 0.1) is 10.1 Å². The summed E-state index contributed by atoms with van der Waals surface area (Å²) >= 11 is 6.18. The van der Waals surface area contributed by atoms with Crippen LogP contribution >= 0.6 is 11.6 Å². The third-order valence-electron chi connectivity index (χ3n) is 3.70. The molecule has 3 aromatic rings. The highest BCUT2D eigenvalue weighted by atomic mass is 35.5. The minimum absolute atomic E-state index is 0.0385. The number of nitrogens with zero attached hydrogens (tertiary/aromatic N) is 3. The predicted molar refractivity (Wildman–Crippen MR) is 105 cm³/mol. The minimum atomic E-state index is -0.736. The Morgan fingerprint density at radius 2 is 1.57 bits per heavy atom. The number of esters is 1. The fourth-order valence-electron chi connectivity index (χ4n) is 2.27. The van der Waals surface area contributed by atoms with Crippen LogP contribution in [0.3, 0.4) is 0 Å². The normalized spacial score (nSPS) is 10.2. The summed E-state index contributed by atoms with van der Waals surface area (Å²) < 4.78 is 20.8. The number of non-ortho nitro benzene ring substituents is 1. The van der Waals surface area contributed by atoms with Gasteiger partial charge in [-0.25, -0.2) is 4.79 Å². The highest BCUT2D eigenvalue weighted by Crippen LogP contribution is 2.28. The molecule has 0 bridgehead atoms. The summed E-state index contributed by atoms with van der Waals surface area (Å²) in [5.41, 5.74) is -0.0442. The Morgan fingerprint density at radius 3 is 2.10 bits per heavy atom. The van der Waals surface area contributed by atoms with E-state index in [0.717, 1.165) is 0 Å². The molecule has 0 unspecified atom stereocenters. The Bertz CT molecular complexity index is 1070. The van der Waals surface area contributed by atoms with Crippen molar-refractivity contribution in [3.8, 4) is 29.3 Å². The van der Waals surface area contributed by atoms with Crippen molar-refractivity contribution in [3.63, 3.8) is 0 Å². The number of carbonyl (C=O) groups excluding carboxylic acids is 1. The van der Waals surface area contributed by atoms with Gasteiger partial charge in [0.25, 0.3) is 5.69 Å². The van der Waals surface area contributed by atoms with Crippen LogP contribution in [0.5, 0.6) is 29.3 Å². The maximum absolute atomic E-state index is 12.4. The number of rotatable bonds is 7. The van der Waals surface area contributed by atoms with E-state index in [4.69, 9.17) is 30.5 Å². The van der Waals surface area contributed by atoms with Crippen molar-refractivity contribution in [3.05, 3.63) is 69.2 Å². The van der Waals surface area contributed by atoms with Gasteiger partial charge in [-0.2, -0.15) is 9.97 Å². The molecule has 30 heavy (non-hydrogen) atoms. The number of benzene rings is 2. The first kappa shape index (κ1) is 20.8. The lowest BCUT2D eigenvalue weighted by molar-refractivity contribution is -0.384. The van der Waals surface area contributed by atoms with Gasteiger partial charge in [0, 0.05) is 18.2 Å². The van der Waals surface area contributed by atoms with E-state index in [9.17, 15) is 14.9 Å². The summed E-state index contributed by atoms with van der Waals surface area (Å²) in [6, 6.07) is 10.8. The summed E-state index contributed by atoms with van der Waals surface area (Å²) in [5.74, 6) is 0.151. The molecule has 0 amide bonds. The van der Waals surface area contributed by atoms with Crippen LogP contribution in [0.1, 0.15) is 10.4 Å². The lowest BCUT2D eigenvalue weighted by Gasteiger charge is -2.09. The molecular formula is C19H14ClN3O7. The van der Waals surface area contributed by atoms with Crippen molar-refractivity contribution in [2.24, 2.45) is 0 Å². The van der Waals surface area contributed by atoms with Crippen LogP contribution in [-0.2, 0) is 0 Å². The standard InChI is InChI=1S/C19H14ClN3O7/c1-27-16-10-17(28-2)22-19(21-16)30-13-7-8-14(15(20)9-13)18(24)29-12-5-3-11(4-6-12)23(25)26/h3-10H,1-2H3. The van der Waals surface area contributed by atoms with E-state index in [1.807, 2.05) is 0 Å². The number of aromatic nitrogens is 2. The Morgan fingerprint density at radius 1 is 0.967 bits per heavy atom. The molecule has 0 aliphatic heterocycles. The van der Waals surface area contributed by atoms with Crippen LogP contribution in [0.2, 0.25) is 5.02 Å². The molecule has 10 nitrogen and oxygen atoms in total. The van der Waals surface area contributed by atoms with Crippen molar-refractivity contribution in [1.29, 1.82) is 0 Å².